The molecule has 0 spiro atoms. The molecule has 0 fully saturated rings. The van der Waals surface area contributed by atoms with E-state index in [0.29, 0.717) is 22.6 Å². The SMILES string of the molecule is COc1cc(C(=O)C(C)(C)C)ccc1OCc1cccc(C(F)(F)F)c1. The minimum absolute atomic E-state index is 0.0415. The first-order valence-corrected chi connectivity index (χ1v) is 8.04. The van der Waals surface area contributed by atoms with Crippen LogP contribution in [0.2, 0.25) is 0 Å². The van der Waals surface area contributed by atoms with Gasteiger partial charge in [-0.05, 0) is 35.9 Å². The third kappa shape index (κ3) is 4.77. The van der Waals surface area contributed by atoms with Gasteiger partial charge in [0.2, 0.25) is 0 Å². The maximum absolute atomic E-state index is 12.8. The second-order valence-corrected chi connectivity index (χ2v) is 6.93. The second-order valence-electron chi connectivity index (χ2n) is 6.93. The number of methoxy groups -OCH3 is 1. The van der Waals surface area contributed by atoms with Crippen LogP contribution in [0.5, 0.6) is 11.5 Å². The Bertz CT molecular complexity index is 790. The van der Waals surface area contributed by atoms with Crippen LogP contribution in [-0.2, 0) is 12.8 Å². The second kappa shape index (κ2) is 7.40. The van der Waals surface area contributed by atoms with E-state index in [1.165, 1.54) is 13.2 Å². The zero-order valence-corrected chi connectivity index (χ0v) is 15.1. The summed E-state index contributed by atoms with van der Waals surface area (Å²) in [4.78, 5) is 12.4. The number of alkyl halides is 3. The summed E-state index contributed by atoms with van der Waals surface area (Å²) in [7, 11) is 1.44. The monoisotopic (exact) mass is 366 g/mol. The average Bonchev–Trinajstić information content (AvgIpc) is 2.58. The van der Waals surface area contributed by atoms with Gasteiger partial charge < -0.3 is 9.47 Å². The van der Waals surface area contributed by atoms with Crippen LogP contribution in [0, 0.1) is 5.41 Å². The number of rotatable bonds is 5. The van der Waals surface area contributed by atoms with Crippen LogP contribution in [0.1, 0.15) is 42.3 Å². The molecular weight excluding hydrogens is 345 g/mol. The van der Waals surface area contributed by atoms with E-state index in [1.54, 1.807) is 24.3 Å². The van der Waals surface area contributed by atoms with Crippen LogP contribution in [0.3, 0.4) is 0 Å². The van der Waals surface area contributed by atoms with Crippen LogP contribution in [0.4, 0.5) is 13.2 Å². The molecule has 140 valence electrons. The fraction of sp³-hybridized carbons (Fsp3) is 0.350. The van der Waals surface area contributed by atoms with Gasteiger partial charge >= 0.3 is 6.18 Å². The molecule has 2 aromatic carbocycles. The molecule has 0 saturated carbocycles. The molecule has 6 heteroatoms. The molecule has 0 aliphatic heterocycles. The molecule has 0 heterocycles. The van der Waals surface area contributed by atoms with Gasteiger partial charge in [-0.25, -0.2) is 0 Å². The van der Waals surface area contributed by atoms with Crippen molar-refractivity contribution >= 4 is 5.78 Å². The first kappa shape index (κ1) is 19.8. The van der Waals surface area contributed by atoms with Crippen LogP contribution in [0.15, 0.2) is 42.5 Å². The van der Waals surface area contributed by atoms with E-state index in [4.69, 9.17) is 9.47 Å². The normalized spacial score (nSPS) is 12.0. The average molecular weight is 366 g/mol. The summed E-state index contributed by atoms with van der Waals surface area (Å²) in [6.07, 6.45) is -4.40. The van der Waals surface area contributed by atoms with Gasteiger partial charge in [-0.15, -0.1) is 0 Å². The molecule has 0 bridgehead atoms. The lowest BCUT2D eigenvalue weighted by molar-refractivity contribution is -0.137. The van der Waals surface area contributed by atoms with Gasteiger partial charge in [0.05, 0.1) is 12.7 Å². The Labute approximate surface area is 150 Å². The number of benzene rings is 2. The molecule has 0 aromatic heterocycles. The van der Waals surface area contributed by atoms with E-state index in [-0.39, 0.29) is 12.4 Å². The quantitative estimate of drug-likeness (QED) is 0.654. The highest BCUT2D eigenvalue weighted by Gasteiger charge is 2.30. The third-order valence-electron chi connectivity index (χ3n) is 3.76. The van der Waals surface area contributed by atoms with Crippen molar-refractivity contribution < 1.29 is 27.4 Å². The van der Waals surface area contributed by atoms with Crippen molar-refractivity contribution in [1.29, 1.82) is 0 Å². The van der Waals surface area contributed by atoms with Crippen LogP contribution in [-0.4, -0.2) is 12.9 Å². The third-order valence-corrected chi connectivity index (χ3v) is 3.76. The van der Waals surface area contributed by atoms with Gasteiger partial charge in [-0.2, -0.15) is 13.2 Å². The Kier molecular flexibility index (Phi) is 5.64. The van der Waals surface area contributed by atoms with Gasteiger partial charge in [0.25, 0.3) is 0 Å². The van der Waals surface area contributed by atoms with Crippen molar-refractivity contribution in [3.8, 4) is 11.5 Å². The van der Waals surface area contributed by atoms with Gasteiger partial charge in [0.15, 0.2) is 17.3 Å². The number of halogens is 3. The maximum atomic E-state index is 12.8. The molecule has 0 atom stereocenters. The fourth-order valence-corrected chi connectivity index (χ4v) is 2.36. The number of hydrogen-bond acceptors (Lipinski definition) is 3. The Hall–Kier alpha value is -2.50. The van der Waals surface area contributed by atoms with E-state index in [0.717, 1.165) is 12.1 Å². The summed E-state index contributed by atoms with van der Waals surface area (Å²) in [6.45, 7) is 5.41. The van der Waals surface area contributed by atoms with Gasteiger partial charge in [0, 0.05) is 11.0 Å². The minimum Gasteiger partial charge on any atom is -0.493 e. The number of carbonyl (C=O) groups is 1. The maximum Gasteiger partial charge on any atom is 0.416 e. The lowest BCUT2D eigenvalue weighted by atomic mass is 9.86. The van der Waals surface area contributed by atoms with Crippen molar-refractivity contribution in [2.24, 2.45) is 5.41 Å². The lowest BCUT2D eigenvalue weighted by Gasteiger charge is -2.18. The molecule has 0 unspecified atom stereocenters. The highest BCUT2D eigenvalue weighted by molar-refractivity contribution is 6.00. The molecule has 0 amide bonds. The predicted octanol–water partition coefficient (Wildman–Crippen LogP) is 5.52. The first-order chi connectivity index (χ1) is 12.0. The molecular formula is C20H21F3O3. The van der Waals surface area contributed by atoms with E-state index in [1.807, 2.05) is 20.8 Å². The van der Waals surface area contributed by atoms with E-state index >= 15 is 0 Å². The summed E-state index contributed by atoms with van der Waals surface area (Å²) < 4.78 is 49.2. The number of ether oxygens (including phenoxy) is 2. The zero-order chi connectivity index (χ0) is 19.5. The Morgan fingerprint density at radius 3 is 2.27 bits per heavy atom. The smallest absolute Gasteiger partial charge is 0.416 e. The Morgan fingerprint density at radius 2 is 1.69 bits per heavy atom. The van der Waals surface area contributed by atoms with E-state index in [2.05, 4.69) is 0 Å². The van der Waals surface area contributed by atoms with Crippen LogP contribution in [0.25, 0.3) is 0 Å². The van der Waals surface area contributed by atoms with E-state index in [9.17, 15) is 18.0 Å². The highest BCUT2D eigenvalue weighted by atomic mass is 19.4. The summed E-state index contributed by atoms with van der Waals surface area (Å²) in [5.41, 5.74) is -0.389. The summed E-state index contributed by atoms with van der Waals surface area (Å²) >= 11 is 0. The Morgan fingerprint density at radius 1 is 1.00 bits per heavy atom. The van der Waals surface area contributed by atoms with E-state index < -0.39 is 17.2 Å². The van der Waals surface area contributed by atoms with Crippen molar-refractivity contribution in [1.82, 2.24) is 0 Å². The molecule has 26 heavy (non-hydrogen) atoms. The lowest BCUT2D eigenvalue weighted by Crippen LogP contribution is -2.20. The Balaban J connectivity index is 2.19. The van der Waals surface area contributed by atoms with Crippen molar-refractivity contribution in [2.75, 3.05) is 7.11 Å². The topological polar surface area (TPSA) is 35.5 Å². The minimum atomic E-state index is -4.40. The van der Waals surface area contributed by atoms with Crippen molar-refractivity contribution in [3.05, 3.63) is 59.2 Å². The number of carbonyl (C=O) groups excluding carboxylic acids is 1. The van der Waals surface area contributed by atoms with Crippen molar-refractivity contribution in [3.63, 3.8) is 0 Å². The standard InChI is InChI=1S/C20H21F3O3/c1-19(2,3)18(24)14-8-9-16(17(11-14)25-4)26-12-13-6-5-7-15(10-13)20(21,22)23/h5-11H,12H2,1-4H3. The molecule has 0 aliphatic rings. The fourth-order valence-electron chi connectivity index (χ4n) is 2.36. The molecule has 2 rings (SSSR count). The first-order valence-electron chi connectivity index (χ1n) is 8.04. The number of hydrogen-bond donors (Lipinski definition) is 0. The van der Waals surface area contributed by atoms with Crippen LogP contribution >= 0.6 is 0 Å². The molecule has 0 aliphatic carbocycles. The molecule has 3 nitrogen and oxygen atoms in total. The molecule has 0 radical (unpaired) electrons. The molecule has 0 saturated heterocycles. The summed E-state index contributed by atoms with van der Waals surface area (Å²) in [6, 6.07) is 9.74. The van der Waals surface area contributed by atoms with Crippen molar-refractivity contribution in [2.45, 2.75) is 33.6 Å². The zero-order valence-electron chi connectivity index (χ0n) is 15.1. The number of Topliss-reactive ketones (excluding diaryl/α,β-unsaturated/α-hetero) is 1. The predicted molar refractivity (Wildman–Crippen MR) is 92.6 cm³/mol. The number of ketones is 1. The summed E-state index contributed by atoms with van der Waals surface area (Å²) in [5, 5.41) is 0. The van der Waals surface area contributed by atoms with Gasteiger partial charge in [-0.3, -0.25) is 4.79 Å². The molecule has 2 aromatic rings. The largest absolute Gasteiger partial charge is 0.493 e. The van der Waals surface area contributed by atoms with Gasteiger partial charge in [-0.1, -0.05) is 32.9 Å². The molecule has 0 N–H and O–H groups in total. The van der Waals surface area contributed by atoms with Gasteiger partial charge in [0.1, 0.15) is 6.61 Å². The highest BCUT2D eigenvalue weighted by Crippen LogP contribution is 2.33. The summed E-state index contributed by atoms with van der Waals surface area (Å²) in [5.74, 6) is 0.669. The van der Waals surface area contributed by atoms with Crippen LogP contribution < -0.4 is 9.47 Å².